The van der Waals surface area contributed by atoms with E-state index in [4.69, 9.17) is 6.42 Å². The van der Waals surface area contributed by atoms with Gasteiger partial charge in [0.1, 0.15) is 0 Å². The predicted molar refractivity (Wildman–Crippen MR) is 52.1 cm³/mol. The number of nitrogens with one attached hydrogen (secondary N) is 1. The van der Waals surface area contributed by atoms with Crippen molar-refractivity contribution in [2.24, 2.45) is 0 Å². The van der Waals surface area contributed by atoms with E-state index in [-0.39, 0.29) is 11.4 Å². The molecular formula is C10H16N2O. The van der Waals surface area contributed by atoms with E-state index in [9.17, 15) is 4.79 Å². The van der Waals surface area contributed by atoms with Crippen molar-refractivity contribution in [3.8, 4) is 12.3 Å². The first-order valence-electron chi connectivity index (χ1n) is 4.54. The van der Waals surface area contributed by atoms with E-state index in [0.717, 1.165) is 19.4 Å². The van der Waals surface area contributed by atoms with E-state index < -0.39 is 0 Å². The van der Waals surface area contributed by atoms with Crippen molar-refractivity contribution in [3.05, 3.63) is 0 Å². The standard InChI is InChI=1S/C10H16N2O/c1-4-8-12(3)9(13)10(2)6-5-7-11-10/h1,11H,5-8H2,2-3H3. The van der Waals surface area contributed by atoms with E-state index in [2.05, 4.69) is 11.2 Å². The van der Waals surface area contributed by atoms with Gasteiger partial charge in [0, 0.05) is 7.05 Å². The molecule has 1 amide bonds. The van der Waals surface area contributed by atoms with Crippen LogP contribution in [-0.4, -0.2) is 36.5 Å². The first-order chi connectivity index (χ1) is 6.10. The summed E-state index contributed by atoms with van der Waals surface area (Å²) >= 11 is 0. The fourth-order valence-electron chi connectivity index (χ4n) is 1.71. The van der Waals surface area contributed by atoms with Crippen LogP contribution in [0.25, 0.3) is 0 Å². The Bertz CT molecular complexity index is 236. The van der Waals surface area contributed by atoms with Crippen molar-refractivity contribution >= 4 is 5.91 Å². The number of hydrogen-bond acceptors (Lipinski definition) is 2. The highest BCUT2D eigenvalue weighted by molar-refractivity contribution is 5.86. The quantitative estimate of drug-likeness (QED) is 0.617. The Morgan fingerprint density at radius 1 is 1.77 bits per heavy atom. The third-order valence-electron chi connectivity index (χ3n) is 2.52. The van der Waals surface area contributed by atoms with Crippen LogP contribution in [0.3, 0.4) is 0 Å². The van der Waals surface area contributed by atoms with E-state index in [1.165, 1.54) is 0 Å². The van der Waals surface area contributed by atoms with Crippen molar-refractivity contribution < 1.29 is 4.79 Å². The van der Waals surface area contributed by atoms with Gasteiger partial charge in [0.25, 0.3) is 0 Å². The minimum absolute atomic E-state index is 0.1000. The number of carbonyl (C=O) groups excluding carboxylic acids is 1. The van der Waals surface area contributed by atoms with Gasteiger partial charge in [0.15, 0.2) is 0 Å². The molecule has 0 radical (unpaired) electrons. The minimum Gasteiger partial charge on any atom is -0.333 e. The lowest BCUT2D eigenvalue weighted by atomic mass is 9.99. The summed E-state index contributed by atoms with van der Waals surface area (Å²) in [4.78, 5) is 13.4. The number of nitrogens with zero attached hydrogens (tertiary/aromatic N) is 1. The molecule has 72 valence electrons. The molecule has 1 rings (SSSR count). The SMILES string of the molecule is C#CCN(C)C(=O)C1(C)CCCN1. The number of rotatable bonds is 2. The van der Waals surface area contributed by atoms with Gasteiger partial charge in [-0.05, 0) is 26.3 Å². The van der Waals surface area contributed by atoms with Crippen molar-refractivity contribution in [1.29, 1.82) is 0 Å². The molecule has 0 aromatic carbocycles. The van der Waals surface area contributed by atoms with Crippen LogP contribution in [0.2, 0.25) is 0 Å². The minimum atomic E-state index is -0.383. The molecule has 13 heavy (non-hydrogen) atoms. The molecule has 1 fully saturated rings. The summed E-state index contributed by atoms with van der Waals surface area (Å²) in [6, 6.07) is 0. The second kappa shape index (κ2) is 3.80. The van der Waals surface area contributed by atoms with Gasteiger partial charge in [-0.15, -0.1) is 6.42 Å². The lowest BCUT2D eigenvalue weighted by molar-refractivity contribution is -0.135. The zero-order valence-corrected chi connectivity index (χ0v) is 8.26. The lowest BCUT2D eigenvalue weighted by Gasteiger charge is -2.27. The number of carbonyl (C=O) groups is 1. The number of terminal acetylenes is 1. The molecule has 1 unspecified atom stereocenters. The van der Waals surface area contributed by atoms with E-state index >= 15 is 0 Å². The van der Waals surface area contributed by atoms with Crippen LogP contribution in [0.4, 0.5) is 0 Å². The van der Waals surface area contributed by atoms with Crippen LogP contribution < -0.4 is 5.32 Å². The van der Waals surface area contributed by atoms with Crippen molar-refractivity contribution in [2.75, 3.05) is 20.1 Å². The Balaban J connectivity index is 2.61. The monoisotopic (exact) mass is 180 g/mol. The van der Waals surface area contributed by atoms with Crippen molar-refractivity contribution in [1.82, 2.24) is 10.2 Å². The highest BCUT2D eigenvalue weighted by Gasteiger charge is 2.37. The smallest absolute Gasteiger partial charge is 0.243 e. The van der Waals surface area contributed by atoms with Crippen molar-refractivity contribution in [2.45, 2.75) is 25.3 Å². The summed E-state index contributed by atoms with van der Waals surface area (Å²) in [5, 5.41) is 3.21. The Kier molecular flexibility index (Phi) is 2.94. The number of hydrogen-bond donors (Lipinski definition) is 1. The molecule has 0 aromatic rings. The maximum atomic E-state index is 11.8. The highest BCUT2D eigenvalue weighted by Crippen LogP contribution is 2.20. The molecule has 0 aliphatic carbocycles. The second-order valence-corrected chi connectivity index (χ2v) is 3.73. The molecule has 1 aliphatic rings. The van der Waals surface area contributed by atoms with Crippen LogP contribution in [-0.2, 0) is 4.79 Å². The first kappa shape index (κ1) is 10.1. The molecule has 1 atom stereocenters. The zero-order valence-electron chi connectivity index (χ0n) is 8.26. The molecule has 0 aromatic heterocycles. The van der Waals surface area contributed by atoms with Gasteiger partial charge in [-0.2, -0.15) is 0 Å². The number of amides is 1. The summed E-state index contributed by atoms with van der Waals surface area (Å²) in [5.41, 5.74) is -0.383. The van der Waals surface area contributed by atoms with Gasteiger partial charge in [0.2, 0.25) is 5.91 Å². The number of likely N-dealkylation sites (N-methyl/N-ethyl adjacent to an activating group) is 1. The lowest BCUT2D eigenvalue weighted by Crippen LogP contribution is -2.51. The molecular weight excluding hydrogens is 164 g/mol. The average molecular weight is 180 g/mol. The maximum absolute atomic E-state index is 11.8. The van der Waals surface area contributed by atoms with Gasteiger partial charge >= 0.3 is 0 Å². The van der Waals surface area contributed by atoms with Gasteiger partial charge in [-0.1, -0.05) is 5.92 Å². The van der Waals surface area contributed by atoms with Gasteiger partial charge in [0.05, 0.1) is 12.1 Å². The fraction of sp³-hybridized carbons (Fsp3) is 0.700. The molecule has 0 bridgehead atoms. The van der Waals surface area contributed by atoms with E-state index in [0.29, 0.717) is 6.54 Å². The Morgan fingerprint density at radius 2 is 2.46 bits per heavy atom. The Morgan fingerprint density at radius 3 is 2.92 bits per heavy atom. The third kappa shape index (κ3) is 2.02. The fourth-order valence-corrected chi connectivity index (χ4v) is 1.71. The Hall–Kier alpha value is -1.01. The molecule has 3 heteroatoms. The molecule has 1 saturated heterocycles. The molecule has 1 N–H and O–H groups in total. The Labute approximate surface area is 79.5 Å². The van der Waals surface area contributed by atoms with Crippen LogP contribution in [0.15, 0.2) is 0 Å². The molecule has 3 nitrogen and oxygen atoms in total. The first-order valence-corrected chi connectivity index (χ1v) is 4.54. The zero-order chi connectivity index (χ0) is 9.90. The van der Waals surface area contributed by atoms with Gasteiger partial charge < -0.3 is 10.2 Å². The normalized spacial score (nSPS) is 26.8. The van der Waals surface area contributed by atoms with Crippen molar-refractivity contribution in [3.63, 3.8) is 0 Å². The van der Waals surface area contributed by atoms with E-state index in [1.54, 1.807) is 11.9 Å². The summed E-state index contributed by atoms with van der Waals surface area (Å²) < 4.78 is 0. The highest BCUT2D eigenvalue weighted by atomic mass is 16.2. The van der Waals surface area contributed by atoms with Crippen LogP contribution in [0.5, 0.6) is 0 Å². The molecule has 0 spiro atoms. The molecule has 1 heterocycles. The summed E-state index contributed by atoms with van der Waals surface area (Å²) in [6.07, 6.45) is 7.11. The summed E-state index contributed by atoms with van der Waals surface area (Å²) in [7, 11) is 1.74. The van der Waals surface area contributed by atoms with E-state index in [1.807, 2.05) is 6.92 Å². The predicted octanol–water partition coefficient (Wildman–Crippen LogP) is 0.220. The summed E-state index contributed by atoms with van der Waals surface area (Å²) in [5.74, 6) is 2.57. The molecule has 1 aliphatic heterocycles. The van der Waals surface area contributed by atoms with Crippen LogP contribution in [0.1, 0.15) is 19.8 Å². The van der Waals surface area contributed by atoms with Gasteiger partial charge in [-0.3, -0.25) is 4.79 Å². The summed E-state index contributed by atoms with van der Waals surface area (Å²) in [6.45, 7) is 3.25. The second-order valence-electron chi connectivity index (χ2n) is 3.73. The topological polar surface area (TPSA) is 32.3 Å². The van der Waals surface area contributed by atoms with Crippen LogP contribution in [0, 0.1) is 12.3 Å². The maximum Gasteiger partial charge on any atom is 0.243 e. The third-order valence-corrected chi connectivity index (χ3v) is 2.52. The largest absolute Gasteiger partial charge is 0.333 e. The average Bonchev–Trinajstić information content (AvgIpc) is 2.52. The molecule has 0 saturated carbocycles. The van der Waals surface area contributed by atoms with Gasteiger partial charge in [-0.25, -0.2) is 0 Å². The van der Waals surface area contributed by atoms with Crippen LogP contribution >= 0.6 is 0 Å².